The molecular formula is C16H24Cl2NO2+. The molecule has 0 radical (unpaired) electrons. The Labute approximate surface area is 136 Å². The summed E-state index contributed by atoms with van der Waals surface area (Å²) in [5, 5.41) is 11.2. The second-order valence-electron chi connectivity index (χ2n) is 5.73. The molecule has 0 saturated carbocycles. The minimum Gasteiger partial charge on any atom is -0.488 e. The SMILES string of the molecule is CC[C@H]1CCCC[NH+]1C[C@H](O)COc1c(Cl)cccc1Cl. The van der Waals surface area contributed by atoms with Gasteiger partial charge in [0.05, 0.1) is 22.6 Å². The first-order valence-electron chi connectivity index (χ1n) is 7.71. The van der Waals surface area contributed by atoms with E-state index in [-0.39, 0.29) is 6.61 Å². The molecule has 1 aliphatic heterocycles. The van der Waals surface area contributed by atoms with Gasteiger partial charge in [-0.25, -0.2) is 0 Å². The zero-order valence-corrected chi connectivity index (χ0v) is 14.0. The van der Waals surface area contributed by atoms with E-state index in [2.05, 4.69) is 6.92 Å². The van der Waals surface area contributed by atoms with Crippen molar-refractivity contribution in [2.24, 2.45) is 0 Å². The number of ether oxygens (including phenoxy) is 1. The number of hydrogen-bond donors (Lipinski definition) is 2. The van der Waals surface area contributed by atoms with Gasteiger partial charge in [0.25, 0.3) is 0 Å². The summed E-state index contributed by atoms with van der Waals surface area (Å²) in [6.07, 6.45) is 4.48. The Morgan fingerprint density at radius 3 is 2.71 bits per heavy atom. The van der Waals surface area contributed by atoms with Crippen LogP contribution in [0.5, 0.6) is 5.75 Å². The average Bonchev–Trinajstić information content (AvgIpc) is 2.47. The van der Waals surface area contributed by atoms with Crippen LogP contribution in [0.15, 0.2) is 18.2 Å². The van der Waals surface area contributed by atoms with E-state index in [1.165, 1.54) is 30.6 Å². The molecule has 0 aromatic heterocycles. The highest BCUT2D eigenvalue weighted by molar-refractivity contribution is 6.37. The van der Waals surface area contributed by atoms with E-state index in [1.807, 2.05) is 0 Å². The van der Waals surface area contributed by atoms with Crippen LogP contribution in [-0.2, 0) is 0 Å². The fourth-order valence-electron chi connectivity index (χ4n) is 3.07. The standard InChI is InChI=1S/C16H23Cl2NO2/c1-2-12-6-3-4-9-19(12)10-13(20)11-21-16-14(17)7-5-8-15(16)18/h5,7-8,12-13,20H,2-4,6,9-11H2,1H3/p+1/t12-,13-/m0/s1. The molecule has 1 aliphatic rings. The lowest BCUT2D eigenvalue weighted by Gasteiger charge is -2.33. The number of piperidine rings is 1. The summed E-state index contributed by atoms with van der Waals surface area (Å²) in [6, 6.07) is 5.91. The third kappa shape index (κ3) is 4.75. The van der Waals surface area contributed by atoms with Crippen molar-refractivity contribution in [1.82, 2.24) is 0 Å². The summed E-state index contributed by atoms with van der Waals surface area (Å²) in [5.41, 5.74) is 0. The Bertz CT molecular complexity index is 436. The third-order valence-corrected chi connectivity index (χ3v) is 4.80. The first kappa shape index (κ1) is 16.9. The summed E-state index contributed by atoms with van der Waals surface area (Å²) in [6.45, 7) is 4.31. The fraction of sp³-hybridized carbons (Fsp3) is 0.625. The predicted octanol–water partition coefficient (Wildman–Crippen LogP) is 2.58. The average molecular weight is 333 g/mol. The van der Waals surface area contributed by atoms with Gasteiger partial charge in [0.1, 0.15) is 19.3 Å². The topological polar surface area (TPSA) is 33.9 Å². The van der Waals surface area contributed by atoms with Gasteiger partial charge in [-0.3, -0.25) is 0 Å². The predicted molar refractivity (Wildman–Crippen MR) is 86.6 cm³/mol. The van der Waals surface area contributed by atoms with Crippen molar-refractivity contribution in [2.45, 2.75) is 44.8 Å². The number of likely N-dealkylation sites (tertiary alicyclic amines) is 1. The number of benzene rings is 1. The first-order valence-corrected chi connectivity index (χ1v) is 8.46. The number of rotatable bonds is 6. The van der Waals surface area contributed by atoms with E-state index in [1.54, 1.807) is 18.2 Å². The Kier molecular flexibility index (Phi) is 6.62. The van der Waals surface area contributed by atoms with E-state index in [9.17, 15) is 5.11 Å². The van der Waals surface area contributed by atoms with Gasteiger partial charge >= 0.3 is 0 Å². The quantitative estimate of drug-likeness (QED) is 0.839. The normalized spacial score (nSPS) is 23.8. The van der Waals surface area contributed by atoms with Gasteiger partial charge in [0, 0.05) is 0 Å². The van der Waals surface area contributed by atoms with Crippen molar-refractivity contribution in [3.63, 3.8) is 0 Å². The largest absolute Gasteiger partial charge is 0.488 e. The maximum atomic E-state index is 10.2. The van der Waals surface area contributed by atoms with Crippen LogP contribution < -0.4 is 9.64 Å². The molecule has 1 unspecified atom stereocenters. The number of aliphatic hydroxyl groups is 1. The number of halogens is 2. The molecule has 118 valence electrons. The molecule has 0 bridgehead atoms. The maximum Gasteiger partial charge on any atom is 0.156 e. The molecule has 3 nitrogen and oxygen atoms in total. The fourth-order valence-corrected chi connectivity index (χ4v) is 3.58. The molecule has 5 heteroatoms. The van der Waals surface area contributed by atoms with E-state index in [0.717, 1.165) is 13.1 Å². The van der Waals surface area contributed by atoms with Crippen LogP contribution in [0, 0.1) is 0 Å². The number of quaternary nitrogens is 1. The molecule has 2 rings (SSSR count). The van der Waals surface area contributed by atoms with Crippen LogP contribution in [0.2, 0.25) is 10.0 Å². The highest BCUT2D eigenvalue weighted by Gasteiger charge is 2.26. The molecule has 1 aromatic rings. The Morgan fingerprint density at radius 1 is 1.33 bits per heavy atom. The lowest BCUT2D eigenvalue weighted by molar-refractivity contribution is -0.933. The molecule has 0 aliphatic carbocycles. The molecule has 1 heterocycles. The summed E-state index contributed by atoms with van der Waals surface area (Å²) in [4.78, 5) is 1.49. The minimum absolute atomic E-state index is 0.226. The molecule has 0 amide bonds. The van der Waals surface area contributed by atoms with Gasteiger partial charge in [-0.2, -0.15) is 0 Å². The van der Waals surface area contributed by atoms with Crippen molar-refractivity contribution in [3.05, 3.63) is 28.2 Å². The highest BCUT2D eigenvalue weighted by atomic mass is 35.5. The maximum absolute atomic E-state index is 10.2. The molecule has 3 atom stereocenters. The molecule has 1 saturated heterocycles. The van der Waals surface area contributed by atoms with Gasteiger partial charge in [-0.15, -0.1) is 0 Å². The van der Waals surface area contributed by atoms with Gasteiger partial charge < -0.3 is 14.7 Å². The number of nitrogens with one attached hydrogen (secondary N) is 1. The summed E-state index contributed by atoms with van der Waals surface area (Å²) in [5.74, 6) is 0.459. The molecule has 2 N–H and O–H groups in total. The molecule has 0 spiro atoms. The van der Waals surface area contributed by atoms with E-state index in [4.69, 9.17) is 27.9 Å². The summed E-state index contributed by atoms with van der Waals surface area (Å²) in [7, 11) is 0. The van der Waals surface area contributed by atoms with Crippen LogP contribution in [-0.4, -0.2) is 36.9 Å². The van der Waals surface area contributed by atoms with Crippen LogP contribution in [0.3, 0.4) is 0 Å². The minimum atomic E-state index is -0.500. The van der Waals surface area contributed by atoms with Gasteiger partial charge in [-0.05, 0) is 37.8 Å². The number of hydrogen-bond acceptors (Lipinski definition) is 2. The second kappa shape index (κ2) is 8.23. The summed E-state index contributed by atoms with van der Waals surface area (Å²) < 4.78 is 5.61. The zero-order valence-electron chi connectivity index (χ0n) is 12.4. The zero-order chi connectivity index (χ0) is 15.2. The van der Waals surface area contributed by atoms with Crippen LogP contribution >= 0.6 is 23.2 Å². The van der Waals surface area contributed by atoms with Crippen molar-refractivity contribution in [2.75, 3.05) is 19.7 Å². The van der Waals surface area contributed by atoms with E-state index < -0.39 is 6.10 Å². The Balaban J connectivity index is 1.85. The van der Waals surface area contributed by atoms with Crippen molar-refractivity contribution < 1.29 is 14.7 Å². The smallest absolute Gasteiger partial charge is 0.156 e. The summed E-state index contributed by atoms with van der Waals surface area (Å²) >= 11 is 12.1. The lowest BCUT2D eigenvalue weighted by atomic mass is 10.00. The van der Waals surface area contributed by atoms with Crippen LogP contribution in [0.4, 0.5) is 0 Å². The first-order chi connectivity index (χ1) is 10.1. The number of para-hydroxylation sites is 1. The molecule has 21 heavy (non-hydrogen) atoms. The molecular weight excluding hydrogens is 309 g/mol. The molecule has 1 fully saturated rings. The highest BCUT2D eigenvalue weighted by Crippen LogP contribution is 2.32. The third-order valence-electron chi connectivity index (χ3n) is 4.21. The van der Waals surface area contributed by atoms with Crippen molar-refractivity contribution in [1.29, 1.82) is 0 Å². The van der Waals surface area contributed by atoms with Crippen LogP contribution in [0.1, 0.15) is 32.6 Å². The van der Waals surface area contributed by atoms with Crippen molar-refractivity contribution in [3.8, 4) is 5.75 Å². The van der Waals surface area contributed by atoms with Gasteiger partial charge in [-0.1, -0.05) is 36.2 Å². The Morgan fingerprint density at radius 2 is 2.05 bits per heavy atom. The number of aliphatic hydroxyl groups excluding tert-OH is 1. The van der Waals surface area contributed by atoms with Gasteiger partial charge in [0.15, 0.2) is 5.75 Å². The lowest BCUT2D eigenvalue weighted by Crippen LogP contribution is -3.17. The van der Waals surface area contributed by atoms with E-state index >= 15 is 0 Å². The van der Waals surface area contributed by atoms with E-state index in [0.29, 0.717) is 21.8 Å². The van der Waals surface area contributed by atoms with Gasteiger partial charge in [0.2, 0.25) is 0 Å². The van der Waals surface area contributed by atoms with Crippen molar-refractivity contribution >= 4 is 23.2 Å². The van der Waals surface area contributed by atoms with Crippen LogP contribution in [0.25, 0.3) is 0 Å². The monoisotopic (exact) mass is 332 g/mol. The Hall–Kier alpha value is -0.480. The molecule has 1 aromatic carbocycles. The second-order valence-corrected chi connectivity index (χ2v) is 6.54.